The Kier molecular flexibility index (Phi) is 6.93. The number of hydrogen-bond donors (Lipinski definition) is 1. The molecule has 1 fully saturated rings. The summed E-state index contributed by atoms with van der Waals surface area (Å²) in [5, 5.41) is 3.55. The number of carbonyl (C=O) groups excluding carboxylic acids is 1. The van der Waals surface area contributed by atoms with Gasteiger partial charge < -0.3 is 5.32 Å². The first-order chi connectivity index (χ1) is 13.3. The second kappa shape index (κ2) is 9.22. The van der Waals surface area contributed by atoms with Gasteiger partial charge in [-0.1, -0.05) is 35.3 Å². The highest BCUT2D eigenvalue weighted by molar-refractivity contribution is 7.88. The van der Waals surface area contributed by atoms with Gasteiger partial charge in [0.15, 0.2) is 0 Å². The van der Waals surface area contributed by atoms with Crippen molar-refractivity contribution in [3.63, 3.8) is 0 Å². The Morgan fingerprint density at radius 3 is 2.75 bits per heavy atom. The predicted octanol–water partition coefficient (Wildman–Crippen LogP) is 3.25. The van der Waals surface area contributed by atoms with E-state index < -0.39 is 10.0 Å². The second-order valence-electron chi connectivity index (χ2n) is 6.74. The van der Waals surface area contributed by atoms with Crippen LogP contribution in [0.4, 0.5) is 0 Å². The zero-order chi connectivity index (χ0) is 20.1. The Morgan fingerprint density at radius 1 is 1.21 bits per heavy atom. The summed E-state index contributed by atoms with van der Waals surface area (Å²) in [5.41, 5.74) is 1.33. The van der Waals surface area contributed by atoms with E-state index in [0.717, 1.165) is 5.69 Å². The van der Waals surface area contributed by atoms with E-state index in [2.05, 4.69) is 10.3 Å². The second-order valence-corrected chi connectivity index (χ2v) is 9.52. The van der Waals surface area contributed by atoms with Crippen LogP contribution in [0.5, 0.6) is 0 Å². The van der Waals surface area contributed by atoms with Crippen LogP contribution in [0.1, 0.15) is 24.1 Å². The third-order valence-corrected chi connectivity index (χ3v) is 7.21. The summed E-state index contributed by atoms with van der Waals surface area (Å²) in [6.45, 7) is 0.914. The fourth-order valence-corrected chi connectivity index (χ4v) is 5.08. The maximum absolute atomic E-state index is 12.8. The van der Waals surface area contributed by atoms with Crippen molar-refractivity contribution in [1.82, 2.24) is 14.6 Å². The summed E-state index contributed by atoms with van der Waals surface area (Å²) in [5.74, 6) is -0.701. The molecule has 1 aliphatic heterocycles. The molecule has 0 spiro atoms. The molecule has 2 aromatic rings. The molecule has 1 amide bonds. The molecule has 1 saturated heterocycles. The Hall–Kier alpha value is -1.67. The molecule has 1 N–H and O–H groups in total. The van der Waals surface area contributed by atoms with Crippen LogP contribution in [-0.2, 0) is 27.1 Å². The fraction of sp³-hybridized carbons (Fsp3) is 0.368. The lowest BCUT2D eigenvalue weighted by Gasteiger charge is -2.31. The van der Waals surface area contributed by atoms with Crippen LogP contribution < -0.4 is 5.32 Å². The number of hydrogen-bond acceptors (Lipinski definition) is 4. The first kappa shape index (κ1) is 21.0. The first-order valence-electron chi connectivity index (χ1n) is 8.94. The molecule has 1 aromatic heterocycles. The van der Waals surface area contributed by atoms with Crippen LogP contribution in [0.25, 0.3) is 0 Å². The van der Waals surface area contributed by atoms with Gasteiger partial charge in [-0.05, 0) is 42.7 Å². The lowest BCUT2D eigenvalue weighted by molar-refractivity contribution is -0.126. The lowest BCUT2D eigenvalue weighted by atomic mass is 9.99. The zero-order valence-electron chi connectivity index (χ0n) is 15.1. The number of amides is 1. The number of halogens is 2. The van der Waals surface area contributed by atoms with Crippen molar-refractivity contribution in [1.29, 1.82) is 0 Å². The third-order valence-electron chi connectivity index (χ3n) is 4.65. The molecule has 150 valence electrons. The molecule has 1 aromatic carbocycles. The van der Waals surface area contributed by atoms with Gasteiger partial charge in [0.05, 0.1) is 34.0 Å². The van der Waals surface area contributed by atoms with E-state index in [1.54, 1.807) is 24.4 Å². The van der Waals surface area contributed by atoms with Gasteiger partial charge in [-0.15, -0.1) is 0 Å². The molecule has 1 aliphatic rings. The van der Waals surface area contributed by atoms with Crippen molar-refractivity contribution in [2.45, 2.75) is 25.1 Å². The summed E-state index contributed by atoms with van der Waals surface area (Å²) in [6, 6.07) is 10.3. The minimum Gasteiger partial charge on any atom is -0.350 e. The highest BCUT2D eigenvalue weighted by Crippen LogP contribution is 2.26. The molecule has 0 bridgehead atoms. The van der Waals surface area contributed by atoms with Crippen molar-refractivity contribution in [3.05, 3.63) is 63.9 Å². The minimum absolute atomic E-state index is 0.153. The number of nitrogens with one attached hydrogen (secondary N) is 1. The fourth-order valence-electron chi connectivity index (χ4n) is 3.17. The Labute approximate surface area is 174 Å². The van der Waals surface area contributed by atoms with E-state index in [-0.39, 0.29) is 24.1 Å². The van der Waals surface area contributed by atoms with Gasteiger partial charge in [0.2, 0.25) is 15.9 Å². The number of nitrogens with zero attached hydrogens (tertiary/aromatic N) is 2. The van der Waals surface area contributed by atoms with Crippen molar-refractivity contribution < 1.29 is 13.2 Å². The highest BCUT2D eigenvalue weighted by Gasteiger charge is 2.32. The summed E-state index contributed by atoms with van der Waals surface area (Å²) in [4.78, 5) is 16.7. The van der Waals surface area contributed by atoms with Gasteiger partial charge >= 0.3 is 0 Å². The van der Waals surface area contributed by atoms with Crippen LogP contribution in [0.2, 0.25) is 10.0 Å². The molecule has 0 saturated carbocycles. The number of carbonyl (C=O) groups is 1. The number of pyridine rings is 1. The number of sulfonamides is 1. The Balaban J connectivity index is 1.61. The zero-order valence-corrected chi connectivity index (χ0v) is 17.5. The summed E-state index contributed by atoms with van der Waals surface area (Å²) >= 11 is 11.9. The third kappa shape index (κ3) is 5.44. The average molecular weight is 442 g/mol. The molecule has 0 aliphatic carbocycles. The van der Waals surface area contributed by atoms with E-state index in [1.807, 2.05) is 18.2 Å². The molecule has 3 rings (SSSR count). The highest BCUT2D eigenvalue weighted by atomic mass is 35.5. The van der Waals surface area contributed by atoms with Crippen LogP contribution in [0, 0.1) is 5.92 Å². The normalized spacial score (nSPS) is 18.0. The summed E-state index contributed by atoms with van der Waals surface area (Å²) in [7, 11) is -3.56. The molecule has 2 heterocycles. The Morgan fingerprint density at radius 2 is 2.04 bits per heavy atom. The van der Waals surface area contributed by atoms with E-state index >= 15 is 0 Å². The number of aromatic nitrogens is 1. The van der Waals surface area contributed by atoms with Gasteiger partial charge in [-0.2, -0.15) is 0 Å². The van der Waals surface area contributed by atoms with Gasteiger partial charge in [0.1, 0.15) is 0 Å². The van der Waals surface area contributed by atoms with Crippen LogP contribution in [0.15, 0.2) is 42.6 Å². The average Bonchev–Trinajstić information content (AvgIpc) is 2.69. The quantitative estimate of drug-likeness (QED) is 0.745. The molecule has 6 nitrogen and oxygen atoms in total. The molecular weight excluding hydrogens is 421 g/mol. The van der Waals surface area contributed by atoms with Crippen molar-refractivity contribution in [3.8, 4) is 0 Å². The van der Waals surface area contributed by atoms with Gasteiger partial charge in [-0.3, -0.25) is 9.78 Å². The van der Waals surface area contributed by atoms with Crippen molar-refractivity contribution >= 4 is 39.1 Å². The van der Waals surface area contributed by atoms with Gasteiger partial charge in [-0.25, -0.2) is 12.7 Å². The standard InChI is InChI=1S/C19H21Cl2N3O3S/c20-17-7-6-14(10-18(17)21)13-28(26,27)24-9-3-4-15(12-24)19(25)23-11-16-5-1-2-8-22-16/h1-2,5-8,10,15H,3-4,9,11-13H2,(H,23,25)/t15-/m1/s1. The van der Waals surface area contributed by atoms with E-state index in [1.165, 1.54) is 4.31 Å². The number of benzene rings is 1. The SMILES string of the molecule is O=C(NCc1ccccn1)[C@@H]1CCCN(S(=O)(=O)Cc2ccc(Cl)c(Cl)c2)C1. The molecule has 1 atom stereocenters. The monoisotopic (exact) mass is 441 g/mol. The smallest absolute Gasteiger partial charge is 0.224 e. The maximum Gasteiger partial charge on any atom is 0.224 e. The topological polar surface area (TPSA) is 79.4 Å². The maximum atomic E-state index is 12.8. The first-order valence-corrected chi connectivity index (χ1v) is 11.3. The van der Waals surface area contributed by atoms with Crippen LogP contribution >= 0.6 is 23.2 Å². The van der Waals surface area contributed by atoms with Gasteiger partial charge in [0, 0.05) is 19.3 Å². The van der Waals surface area contributed by atoms with Gasteiger partial charge in [0.25, 0.3) is 0 Å². The predicted molar refractivity (Wildman–Crippen MR) is 109 cm³/mol. The lowest BCUT2D eigenvalue weighted by Crippen LogP contribution is -2.45. The van der Waals surface area contributed by atoms with Crippen molar-refractivity contribution in [2.24, 2.45) is 5.92 Å². The molecular formula is C19H21Cl2N3O3S. The number of rotatable bonds is 6. The largest absolute Gasteiger partial charge is 0.350 e. The molecule has 0 radical (unpaired) electrons. The van der Waals surface area contributed by atoms with Crippen molar-refractivity contribution in [2.75, 3.05) is 13.1 Å². The minimum atomic E-state index is -3.56. The van der Waals surface area contributed by atoms with Crippen LogP contribution in [0.3, 0.4) is 0 Å². The summed E-state index contributed by atoms with van der Waals surface area (Å²) < 4.78 is 27.0. The molecule has 0 unspecified atom stereocenters. The van der Waals surface area contributed by atoms with E-state index in [4.69, 9.17) is 23.2 Å². The Bertz CT molecular complexity index is 939. The van der Waals surface area contributed by atoms with E-state index in [9.17, 15) is 13.2 Å². The summed E-state index contributed by atoms with van der Waals surface area (Å²) in [6.07, 6.45) is 2.97. The molecule has 28 heavy (non-hydrogen) atoms. The van der Waals surface area contributed by atoms with E-state index in [0.29, 0.717) is 41.5 Å². The van der Waals surface area contributed by atoms with Crippen LogP contribution in [-0.4, -0.2) is 36.7 Å². The number of piperidine rings is 1. The molecule has 9 heteroatoms.